The minimum atomic E-state index is 0.126. The van der Waals surface area contributed by atoms with Crippen molar-refractivity contribution in [2.24, 2.45) is 27.9 Å². The second kappa shape index (κ2) is 3.36. The third-order valence-corrected chi connectivity index (χ3v) is 3.21. The number of quaternary nitrogens is 1. The van der Waals surface area contributed by atoms with Crippen molar-refractivity contribution in [3.05, 3.63) is 23.8 Å². The van der Waals surface area contributed by atoms with Crippen molar-refractivity contribution in [3.8, 4) is 0 Å². The van der Waals surface area contributed by atoms with E-state index in [4.69, 9.17) is 5.73 Å². The first kappa shape index (κ1) is 10.8. The molecule has 3 heterocycles. The zero-order chi connectivity index (χ0) is 12.9. The monoisotopic (exact) mass is 244 g/mol. The average Bonchev–Trinajstić information content (AvgIpc) is 2.76. The molecule has 1 aromatic rings. The molecule has 0 saturated carbocycles. The first-order valence-corrected chi connectivity index (χ1v) is 5.60. The number of rotatable bonds is 1. The number of guanidine groups is 1. The van der Waals surface area contributed by atoms with Crippen LogP contribution in [0.15, 0.2) is 27.5 Å². The minimum Gasteiger partial charge on any atom is -0.363 e. The lowest BCUT2D eigenvalue weighted by molar-refractivity contribution is 0.584. The number of nitrogens with zero attached hydrogens (tertiary/aromatic N) is 6. The third-order valence-electron chi connectivity index (χ3n) is 3.21. The van der Waals surface area contributed by atoms with E-state index in [0.29, 0.717) is 5.84 Å². The topological polar surface area (TPSA) is 80.9 Å². The van der Waals surface area contributed by atoms with E-state index in [9.17, 15) is 0 Å². The third kappa shape index (κ3) is 1.22. The van der Waals surface area contributed by atoms with Crippen LogP contribution in [-0.4, -0.2) is 27.8 Å². The molecule has 7 heteroatoms. The van der Waals surface area contributed by atoms with Crippen molar-refractivity contribution in [2.45, 2.75) is 13.8 Å². The summed E-state index contributed by atoms with van der Waals surface area (Å²) in [7, 11) is 1.91. The van der Waals surface area contributed by atoms with Gasteiger partial charge in [0.2, 0.25) is 5.69 Å². The Morgan fingerprint density at radius 2 is 2.11 bits per heavy atom. The normalized spacial score (nSPS) is 25.1. The van der Waals surface area contributed by atoms with Gasteiger partial charge in [0, 0.05) is 7.05 Å². The summed E-state index contributed by atoms with van der Waals surface area (Å²) in [5.74, 6) is 0.944. The highest BCUT2D eigenvalue weighted by Crippen LogP contribution is 2.35. The maximum Gasteiger partial charge on any atom is 0.286 e. The molecule has 92 valence electrons. The van der Waals surface area contributed by atoms with Gasteiger partial charge < -0.3 is 5.73 Å². The first-order valence-electron chi connectivity index (χ1n) is 5.60. The fourth-order valence-corrected chi connectivity index (χ4v) is 2.39. The SMILES string of the molecule is Cc1nn(C)c(C)c1[N+]12C=CN=CC1=NC(N)=N2. The van der Waals surface area contributed by atoms with Gasteiger partial charge in [-0.25, -0.2) is 0 Å². The molecule has 7 nitrogen and oxygen atoms in total. The number of aliphatic imine (C=N–C) groups is 2. The molecule has 2 N–H and O–H groups in total. The summed E-state index contributed by atoms with van der Waals surface area (Å²) in [6.07, 6.45) is 5.23. The molecule has 0 bridgehead atoms. The number of amidine groups is 1. The van der Waals surface area contributed by atoms with Gasteiger partial charge in [0.25, 0.3) is 11.8 Å². The van der Waals surface area contributed by atoms with Gasteiger partial charge in [-0.1, -0.05) is 4.59 Å². The van der Waals surface area contributed by atoms with Crippen LogP contribution in [0.1, 0.15) is 11.4 Å². The van der Waals surface area contributed by atoms with E-state index in [-0.39, 0.29) is 10.6 Å². The summed E-state index contributed by atoms with van der Waals surface area (Å²) >= 11 is 0. The molecule has 3 rings (SSSR count). The van der Waals surface area contributed by atoms with Crippen molar-refractivity contribution < 1.29 is 0 Å². The fraction of sp³-hybridized carbons (Fsp3) is 0.273. The van der Waals surface area contributed by atoms with E-state index in [0.717, 1.165) is 17.1 Å². The van der Waals surface area contributed by atoms with Gasteiger partial charge in [-0.15, -0.1) is 0 Å². The van der Waals surface area contributed by atoms with Crippen LogP contribution in [0.5, 0.6) is 0 Å². The Labute approximate surface area is 104 Å². The number of aryl methyl sites for hydroxylation is 2. The molecule has 0 aromatic carbocycles. The number of fused-ring (bicyclic) bond motifs is 1. The van der Waals surface area contributed by atoms with Crippen LogP contribution in [0.3, 0.4) is 0 Å². The lowest BCUT2D eigenvalue weighted by Crippen LogP contribution is -2.45. The van der Waals surface area contributed by atoms with Gasteiger partial charge >= 0.3 is 0 Å². The maximum absolute atomic E-state index is 5.75. The van der Waals surface area contributed by atoms with Crippen molar-refractivity contribution in [1.29, 1.82) is 0 Å². The molecule has 0 amide bonds. The molecule has 0 fully saturated rings. The molecule has 0 radical (unpaired) electrons. The summed E-state index contributed by atoms with van der Waals surface area (Å²) in [5, 5.41) is 8.87. The molecule has 1 atom stereocenters. The van der Waals surface area contributed by atoms with Gasteiger partial charge in [-0.3, -0.25) is 9.67 Å². The van der Waals surface area contributed by atoms with Crippen LogP contribution in [0.2, 0.25) is 0 Å². The van der Waals surface area contributed by atoms with Crippen molar-refractivity contribution >= 4 is 23.7 Å². The van der Waals surface area contributed by atoms with Crippen molar-refractivity contribution in [2.75, 3.05) is 0 Å². The van der Waals surface area contributed by atoms with E-state index < -0.39 is 0 Å². The Kier molecular flexibility index (Phi) is 2.02. The van der Waals surface area contributed by atoms with E-state index in [1.165, 1.54) is 0 Å². The van der Waals surface area contributed by atoms with E-state index in [1.54, 1.807) is 12.4 Å². The molecule has 18 heavy (non-hydrogen) atoms. The van der Waals surface area contributed by atoms with Crippen molar-refractivity contribution in [1.82, 2.24) is 14.4 Å². The van der Waals surface area contributed by atoms with Crippen LogP contribution in [0.25, 0.3) is 0 Å². The molecule has 2 aliphatic heterocycles. The molecule has 0 spiro atoms. The lowest BCUT2D eigenvalue weighted by atomic mass is 10.2. The summed E-state index contributed by atoms with van der Waals surface area (Å²) in [6, 6.07) is 0. The average molecular weight is 244 g/mol. The molecule has 1 aromatic heterocycles. The van der Waals surface area contributed by atoms with Gasteiger partial charge in [-0.2, -0.15) is 10.1 Å². The van der Waals surface area contributed by atoms with Gasteiger partial charge in [0.1, 0.15) is 11.9 Å². The van der Waals surface area contributed by atoms with Crippen LogP contribution in [0.4, 0.5) is 5.69 Å². The summed E-state index contributed by atoms with van der Waals surface area (Å²) < 4.78 is 1.96. The Bertz CT molecular complexity index is 647. The number of nitrogens with two attached hydrogens (primary N) is 1. The zero-order valence-corrected chi connectivity index (χ0v) is 10.5. The predicted molar refractivity (Wildman–Crippen MR) is 71.2 cm³/mol. The van der Waals surface area contributed by atoms with Crippen LogP contribution < -0.4 is 10.3 Å². The second-order valence-electron chi connectivity index (χ2n) is 4.33. The molecule has 1 unspecified atom stereocenters. The Morgan fingerprint density at radius 1 is 1.33 bits per heavy atom. The Hall–Kier alpha value is -2.28. The van der Waals surface area contributed by atoms with Crippen LogP contribution >= 0.6 is 0 Å². The molecular weight excluding hydrogens is 230 g/mol. The molecule has 0 saturated heterocycles. The van der Waals surface area contributed by atoms with E-state index >= 15 is 0 Å². The smallest absolute Gasteiger partial charge is 0.286 e. The highest BCUT2D eigenvalue weighted by Gasteiger charge is 2.45. The number of aromatic nitrogens is 2. The standard InChI is InChI=1S/C11H14N7/c1-7-10(8(2)17(3)15-7)18-5-4-13-6-9(18)14-11(12)16-18/h4-6H,1-3H3,(H2,12,16)/q+1. The molecule has 0 aliphatic carbocycles. The number of hydrogen-bond acceptors (Lipinski definition) is 5. The Morgan fingerprint density at radius 3 is 2.78 bits per heavy atom. The molecule has 2 aliphatic rings. The Balaban J connectivity index is 2.30. The predicted octanol–water partition coefficient (Wildman–Crippen LogP) is 0.542. The minimum absolute atomic E-state index is 0.126. The lowest BCUT2D eigenvalue weighted by Gasteiger charge is -2.23. The quantitative estimate of drug-likeness (QED) is 0.731. The van der Waals surface area contributed by atoms with Crippen molar-refractivity contribution in [3.63, 3.8) is 0 Å². The summed E-state index contributed by atoms with van der Waals surface area (Å²) in [5.41, 5.74) is 8.65. The summed E-state index contributed by atoms with van der Waals surface area (Å²) in [4.78, 5) is 8.31. The van der Waals surface area contributed by atoms with E-state index in [2.05, 4.69) is 20.2 Å². The first-order chi connectivity index (χ1) is 8.54. The van der Waals surface area contributed by atoms with Gasteiger partial charge in [0.15, 0.2) is 6.20 Å². The second-order valence-corrected chi connectivity index (χ2v) is 4.33. The number of hydrogen-bond donors (Lipinski definition) is 1. The van der Waals surface area contributed by atoms with Crippen LogP contribution in [0, 0.1) is 13.8 Å². The maximum atomic E-state index is 5.75. The zero-order valence-electron chi connectivity index (χ0n) is 10.5. The highest BCUT2D eigenvalue weighted by molar-refractivity contribution is 6.37. The van der Waals surface area contributed by atoms with Gasteiger partial charge in [0.05, 0.1) is 11.9 Å². The summed E-state index contributed by atoms with van der Waals surface area (Å²) in [6.45, 7) is 3.96. The highest BCUT2D eigenvalue weighted by atomic mass is 15.7. The van der Waals surface area contributed by atoms with Gasteiger partial charge in [-0.05, 0) is 18.9 Å². The fourth-order valence-electron chi connectivity index (χ4n) is 2.39. The van der Waals surface area contributed by atoms with Crippen LogP contribution in [-0.2, 0) is 7.05 Å². The van der Waals surface area contributed by atoms with E-state index in [1.807, 2.05) is 31.8 Å². The largest absolute Gasteiger partial charge is 0.363 e. The molecular formula is C11H14N7+.